The van der Waals surface area contributed by atoms with Gasteiger partial charge >= 0.3 is 0 Å². The first-order valence-corrected chi connectivity index (χ1v) is 5.57. The SMILES string of the molecule is CCn1nc(C(=O)c2ccccc2)c(N)c1C. The Kier molecular flexibility index (Phi) is 2.95. The fraction of sp³-hybridized carbons (Fsp3) is 0.231. The topological polar surface area (TPSA) is 60.9 Å². The van der Waals surface area contributed by atoms with E-state index >= 15 is 0 Å². The van der Waals surface area contributed by atoms with Gasteiger partial charge in [-0.2, -0.15) is 5.10 Å². The van der Waals surface area contributed by atoms with Crippen LogP contribution in [0, 0.1) is 6.92 Å². The Hall–Kier alpha value is -2.10. The Morgan fingerprint density at radius 1 is 1.35 bits per heavy atom. The molecule has 0 aliphatic heterocycles. The maximum atomic E-state index is 12.2. The first kappa shape index (κ1) is 11.4. The number of aryl methyl sites for hydroxylation is 1. The van der Waals surface area contributed by atoms with Crippen molar-refractivity contribution in [1.82, 2.24) is 9.78 Å². The molecule has 0 bridgehead atoms. The molecular weight excluding hydrogens is 214 g/mol. The fourth-order valence-electron chi connectivity index (χ4n) is 1.76. The lowest BCUT2D eigenvalue weighted by atomic mass is 10.1. The maximum Gasteiger partial charge on any atom is 0.215 e. The van der Waals surface area contributed by atoms with Gasteiger partial charge in [-0.15, -0.1) is 0 Å². The van der Waals surface area contributed by atoms with Gasteiger partial charge in [-0.25, -0.2) is 0 Å². The van der Waals surface area contributed by atoms with Gasteiger partial charge in [0.1, 0.15) is 0 Å². The number of anilines is 1. The molecule has 0 amide bonds. The number of rotatable bonds is 3. The average molecular weight is 229 g/mol. The summed E-state index contributed by atoms with van der Waals surface area (Å²) in [5.41, 5.74) is 8.18. The van der Waals surface area contributed by atoms with Crippen LogP contribution in [0.15, 0.2) is 30.3 Å². The molecule has 2 rings (SSSR count). The number of hydrogen-bond acceptors (Lipinski definition) is 3. The van der Waals surface area contributed by atoms with Gasteiger partial charge in [0.05, 0.1) is 11.4 Å². The van der Waals surface area contributed by atoms with Crippen LogP contribution in [0.5, 0.6) is 0 Å². The third-order valence-electron chi connectivity index (χ3n) is 2.80. The van der Waals surface area contributed by atoms with E-state index in [1.807, 2.05) is 32.0 Å². The predicted molar refractivity (Wildman–Crippen MR) is 66.9 cm³/mol. The van der Waals surface area contributed by atoms with Gasteiger partial charge < -0.3 is 5.73 Å². The summed E-state index contributed by atoms with van der Waals surface area (Å²) in [4.78, 5) is 12.2. The highest BCUT2D eigenvalue weighted by atomic mass is 16.1. The van der Waals surface area contributed by atoms with Crippen LogP contribution in [-0.4, -0.2) is 15.6 Å². The molecule has 0 radical (unpaired) electrons. The van der Waals surface area contributed by atoms with Gasteiger partial charge in [0.2, 0.25) is 5.78 Å². The van der Waals surface area contributed by atoms with Gasteiger partial charge in [-0.05, 0) is 13.8 Å². The van der Waals surface area contributed by atoms with E-state index in [0.29, 0.717) is 23.5 Å². The molecule has 17 heavy (non-hydrogen) atoms. The van der Waals surface area contributed by atoms with E-state index in [-0.39, 0.29) is 5.78 Å². The zero-order chi connectivity index (χ0) is 12.4. The number of nitrogens with zero attached hydrogens (tertiary/aromatic N) is 2. The third kappa shape index (κ3) is 1.93. The van der Waals surface area contributed by atoms with Crippen molar-refractivity contribution in [2.24, 2.45) is 0 Å². The standard InChI is InChI=1S/C13H15N3O/c1-3-16-9(2)11(14)12(15-16)13(17)10-7-5-4-6-8-10/h4-8H,3,14H2,1-2H3. The number of ketones is 1. The normalized spacial score (nSPS) is 10.5. The smallest absolute Gasteiger partial charge is 0.215 e. The zero-order valence-electron chi connectivity index (χ0n) is 9.97. The highest BCUT2D eigenvalue weighted by molar-refractivity contribution is 6.10. The minimum atomic E-state index is -0.126. The minimum absolute atomic E-state index is 0.126. The molecule has 2 aromatic rings. The van der Waals surface area contributed by atoms with Crippen molar-refractivity contribution in [2.75, 3.05) is 5.73 Å². The Balaban J connectivity index is 2.45. The summed E-state index contributed by atoms with van der Waals surface area (Å²) in [7, 11) is 0. The van der Waals surface area contributed by atoms with Crippen LogP contribution in [-0.2, 0) is 6.54 Å². The zero-order valence-corrected chi connectivity index (χ0v) is 9.97. The molecule has 0 unspecified atom stereocenters. The van der Waals surface area contributed by atoms with Crippen molar-refractivity contribution in [3.8, 4) is 0 Å². The summed E-state index contributed by atoms with van der Waals surface area (Å²) in [6.45, 7) is 4.54. The van der Waals surface area contributed by atoms with Crippen molar-refractivity contribution in [2.45, 2.75) is 20.4 Å². The molecule has 4 heteroatoms. The van der Waals surface area contributed by atoms with E-state index in [9.17, 15) is 4.79 Å². The number of carbonyl (C=O) groups excluding carboxylic acids is 1. The highest BCUT2D eigenvalue weighted by Crippen LogP contribution is 2.19. The van der Waals surface area contributed by atoms with E-state index in [2.05, 4.69) is 5.10 Å². The first-order valence-electron chi connectivity index (χ1n) is 5.57. The summed E-state index contributed by atoms with van der Waals surface area (Å²) in [5, 5.41) is 4.25. The van der Waals surface area contributed by atoms with Crippen molar-refractivity contribution < 1.29 is 4.79 Å². The molecule has 0 aliphatic carbocycles. The Labute approximate surface area is 100 Å². The molecule has 1 aromatic carbocycles. The van der Waals surface area contributed by atoms with Crippen LogP contribution in [0.3, 0.4) is 0 Å². The summed E-state index contributed by atoms with van der Waals surface area (Å²) < 4.78 is 1.74. The third-order valence-corrected chi connectivity index (χ3v) is 2.80. The lowest BCUT2D eigenvalue weighted by Crippen LogP contribution is -2.06. The molecule has 0 aliphatic rings. The van der Waals surface area contributed by atoms with Gasteiger partial charge in [0.15, 0.2) is 5.69 Å². The number of benzene rings is 1. The maximum absolute atomic E-state index is 12.2. The second kappa shape index (κ2) is 4.41. The van der Waals surface area contributed by atoms with Crippen LogP contribution in [0.2, 0.25) is 0 Å². The van der Waals surface area contributed by atoms with Crippen molar-refractivity contribution in [1.29, 1.82) is 0 Å². The predicted octanol–water partition coefficient (Wildman–Crippen LogP) is 2.02. The molecule has 1 heterocycles. The number of nitrogens with two attached hydrogens (primary N) is 1. The highest BCUT2D eigenvalue weighted by Gasteiger charge is 2.19. The van der Waals surface area contributed by atoms with E-state index in [4.69, 9.17) is 5.73 Å². The van der Waals surface area contributed by atoms with Crippen LogP contribution in [0.1, 0.15) is 28.7 Å². The molecule has 88 valence electrons. The Morgan fingerprint density at radius 3 is 2.53 bits per heavy atom. The van der Waals surface area contributed by atoms with E-state index in [1.54, 1.807) is 16.8 Å². The van der Waals surface area contributed by atoms with Gasteiger partial charge in [0, 0.05) is 12.1 Å². The van der Waals surface area contributed by atoms with Crippen molar-refractivity contribution in [3.63, 3.8) is 0 Å². The fourth-order valence-corrected chi connectivity index (χ4v) is 1.76. The Morgan fingerprint density at radius 2 is 2.00 bits per heavy atom. The van der Waals surface area contributed by atoms with Crippen molar-refractivity contribution >= 4 is 11.5 Å². The average Bonchev–Trinajstić information content (AvgIpc) is 2.66. The summed E-state index contributed by atoms with van der Waals surface area (Å²) in [5.74, 6) is -0.126. The molecule has 0 atom stereocenters. The number of carbonyl (C=O) groups is 1. The summed E-state index contributed by atoms with van der Waals surface area (Å²) >= 11 is 0. The number of nitrogen functional groups attached to an aromatic ring is 1. The molecule has 0 fully saturated rings. The van der Waals surface area contributed by atoms with E-state index < -0.39 is 0 Å². The van der Waals surface area contributed by atoms with Crippen LogP contribution in [0.25, 0.3) is 0 Å². The van der Waals surface area contributed by atoms with Crippen LogP contribution >= 0.6 is 0 Å². The van der Waals surface area contributed by atoms with E-state index in [1.165, 1.54) is 0 Å². The van der Waals surface area contributed by atoms with Crippen molar-refractivity contribution in [3.05, 3.63) is 47.3 Å². The van der Waals surface area contributed by atoms with Crippen LogP contribution in [0.4, 0.5) is 5.69 Å². The second-order valence-electron chi connectivity index (χ2n) is 3.86. The lowest BCUT2D eigenvalue weighted by Gasteiger charge is -1.97. The van der Waals surface area contributed by atoms with Gasteiger partial charge in [-0.1, -0.05) is 30.3 Å². The monoisotopic (exact) mass is 229 g/mol. The second-order valence-corrected chi connectivity index (χ2v) is 3.86. The van der Waals surface area contributed by atoms with E-state index in [0.717, 1.165) is 5.69 Å². The molecule has 0 saturated carbocycles. The largest absolute Gasteiger partial charge is 0.395 e. The Bertz CT molecular complexity index is 543. The molecule has 2 N–H and O–H groups in total. The summed E-state index contributed by atoms with van der Waals surface area (Å²) in [6.07, 6.45) is 0. The minimum Gasteiger partial charge on any atom is -0.395 e. The van der Waals surface area contributed by atoms with Crippen LogP contribution < -0.4 is 5.73 Å². The molecular formula is C13H15N3O. The number of hydrogen-bond donors (Lipinski definition) is 1. The first-order chi connectivity index (χ1) is 8.15. The lowest BCUT2D eigenvalue weighted by molar-refractivity contribution is 0.103. The molecule has 4 nitrogen and oxygen atoms in total. The van der Waals surface area contributed by atoms with Gasteiger partial charge in [-0.3, -0.25) is 9.48 Å². The molecule has 1 aromatic heterocycles. The molecule has 0 spiro atoms. The number of aromatic nitrogens is 2. The molecule has 0 saturated heterocycles. The van der Waals surface area contributed by atoms with Gasteiger partial charge in [0.25, 0.3) is 0 Å². The quantitative estimate of drug-likeness (QED) is 0.819. The summed E-state index contributed by atoms with van der Waals surface area (Å²) in [6, 6.07) is 9.06.